The number of aromatic hydroxyl groups is 1. The van der Waals surface area contributed by atoms with E-state index in [0.717, 1.165) is 27.9 Å². The molecule has 6 heteroatoms. The zero-order chi connectivity index (χ0) is 27.4. The molecule has 0 atom stereocenters. The molecule has 0 spiro atoms. The summed E-state index contributed by atoms with van der Waals surface area (Å²) in [7, 11) is 0. The van der Waals surface area contributed by atoms with Gasteiger partial charge in [-0.2, -0.15) is 0 Å². The van der Waals surface area contributed by atoms with Crippen LogP contribution in [0.25, 0.3) is 44.7 Å². The summed E-state index contributed by atoms with van der Waals surface area (Å²) < 4.78 is 5.03. The molecule has 3 aromatic heterocycles. The van der Waals surface area contributed by atoms with Crippen molar-refractivity contribution in [3.8, 4) is 39.4 Å². The smallest absolute Gasteiger partial charge is 0.161 e. The zero-order valence-corrected chi connectivity index (χ0v) is 21.8. The minimum atomic E-state index is -0.723. The molecule has 0 unspecified atom stereocenters. The molecule has 0 fully saturated rings. The Hall–Kier alpha value is -5.62. The van der Waals surface area contributed by atoms with Gasteiger partial charge in [0.05, 0.1) is 16.8 Å². The van der Waals surface area contributed by atoms with E-state index in [1.807, 2.05) is 36.4 Å². The van der Waals surface area contributed by atoms with Crippen LogP contribution in [0, 0.1) is 0 Å². The van der Waals surface area contributed by atoms with Gasteiger partial charge in [0.15, 0.2) is 5.52 Å². The van der Waals surface area contributed by atoms with Gasteiger partial charge in [0.1, 0.15) is 17.0 Å². The number of rotatable bonds is 4. The minimum Gasteiger partial charge on any atom is -0.507 e. The maximum absolute atomic E-state index is 10.7. The fourth-order valence-corrected chi connectivity index (χ4v) is 6.28. The number of nitrogens with zero attached hydrogens (tertiary/aromatic N) is 4. The highest BCUT2D eigenvalue weighted by Crippen LogP contribution is 2.56. The molecule has 0 radical (unpaired) electrons. The van der Waals surface area contributed by atoms with Gasteiger partial charge in [-0.25, -0.2) is 4.63 Å². The third-order valence-corrected chi connectivity index (χ3v) is 8.01. The summed E-state index contributed by atoms with van der Waals surface area (Å²) in [6.45, 7) is 0. The van der Waals surface area contributed by atoms with E-state index in [1.54, 1.807) is 18.3 Å². The van der Waals surface area contributed by atoms with Crippen LogP contribution in [0.5, 0.6) is 5.75 Å². The molecular formula is C35H22N4O2. The Balaban J connectivity index is 1.45. The molecule has 1 N–H and O–H groups in total. The Kier molecular flexibility index (Phi) is 5.09. The second-order valence-corrected chi connectivity index (χ2v) is 10.1. The molecule has 0 saturated carbocycles. The Labute approximate surface area is 235 Å². The summed E-state index contributed by atoms with van der Waals surface area (Å²) in [5.74, 6) is 0.195. The maximum atomic E-state index is 10.7. The summed E-state index contributed by atoms with van der Waals surface area (Å²) in [5.41, 5.74) is 10.1. The average molecular weight is 531 g/mol. The number of para-hydroxylation sites is 1. The number of fused-ring (bicyclic) bond motifs is 4. The number of pyridine rings is 2. The highest BCUT2D eigenvalue weighted by molar-refractivity contribution is 5.90. The molecule has 6 nitrogen and oxygen atoms in total. The van der Waals surface area contributed by atoms with Crippen molar-refractivity contribution in [2.75, 3.05) is 0 Å². The van der Waals surface area contributed by atoms with Gasteiger partial charge < -0.3 is 5.11 Å². The molecule has 0 saturated heterocycles. The number of hydrogen-bond donors (Lipinski definition) is 1. The first-order valence-corrected chi connectivity index (χ1v) is 13.4. The quantitative estimate of drug-likeness (QED) is 0.255. The molecule has 4 aromatic carbocycles. The van der Waals surface area contributed by atoms with Crippen LogP contribution in [0.15, 0.2) is 132 Å². The van der Waals surface area contributed by atoms with Crippen molar-refractivity contribution in [2.24, 2.45) is 0 Å². The number of aromatic nitrogens is 4. The summed E-state index contributed by atoms with van der Waals surface area (Å²) >= 11 is 0. The predicted octanol–water partition coefficient (Wildman–Crippen LogP) is 7.42. The SMILES string of the molecule is Oc1ccccc1-c1cccc(C2(c3cccc(-c4nccc5nonc45)c3)c3ccccc3-c3ccccc32)n1. The molecule has 41 heavy (non-hydrogen) atoms. The van der Waals surface area contributed by atoms with Gasteiger partial charge in [-0.1, -0.05) is 84.9 Å². The number of hydrogen-bond acceptors (Lipinski definition) is 6. The van der Waals surface area contributed by atoms with Crippen LogP contribution in [-0.4, -0.2) is 25.4 Å². The lowest BCUT2D eigenvalue weighted by molar-refractivity contribution is 0.315. The van der Waals surface area contributed by atoms with E-state index in [-0.39, 0.29) is 5.75 Å². The van der Waals surface area contributed by atoms with E-state index in [4.69, 9.17) is 9.61 Å². The maximum Gasteiger partial charge on any atom is 0.161 e. The Morgan fingerprint density at radius 3 is 2.12 bits per heavy atom. The highest BCUT2D eigenvalue weighted by atomic mass is 16.6. The zero-order valence-electron chi connectivity index (χ0n) is 21.8. The van der Waals surface area contributed by atoms with Crippen LogP contribution in [0.2, 0.25) is 0 Å². The second-order valence-electron chi connectivity index (χ2n) is 10.1. The van der Waals surface area contributed by atoms with Gasteiger partial charge in [-0.05, 0) is 74.5 Å². The van der Waals surface area contributed by atoms with Crippen molar-refractivity contribution in [3.05, 3.63) is 150 Å². The fraction of sp³-hybridized carbons (Fsp3) is 0.0286. The normalized spacial score (nSPS) is 13.2. The van der Waals surface area contributed by atoms with Gasteiger partial charge in [-0.15, -0.1) is 0 Å². The topological polar surface area (TPSA) is 84.9 Å². The first-order valence-electron chi connectivity index (χ1n) is 13.4. The Morgan fingerprint density at radius 1 is 0.634 bits per heavy atom. The van der Waals surface area contributed by atoms with Crippen LogP contribution in [0.3, 0.4) is 0 Å². The van der Waals surface area contributed by atoms with E-state index in [0.29, 0.717) is 28.0 Å². The van der Waals surface area contributed by atoms with Gasteiger partial charge in [-0.3, -0.25) is 9.97 Å². The van der Waals surface area contributed by atoms with Crippen LogP contribution in [0.4, 0.5) is 0 Å². The molecule has 0 amide bonds. The lowest BCUT2D eigenvalue weighted by Crippen LogP contribution is -2.30. The minimum absolute atomic E-state index is 0.195. The first kappa shape index (κ1) is 23.3. The molecule has 1 aliphatic carbocycles. The molecule has 194 valence electrons. The monoisotopic (exact) mass is 530 g/mol. The van der Waals surface area contributed by atoms with Crippen molar-refractivity contribution in [3.63, 3.8) is 0 Å². The van der Waals surface area contributed by atoms with Gasteiger partial charge >= 0.3 is 0 Å². The molecule has 0 bridgehead atoms. The van der Waals surface area contributed by atoms with E-state index in [1.165, 1.54) is 11.1 Å². The third-order valence-electron chi connectivity index (χ3n) is 8.01. The summed E-state index contributed by atoms with van der Waals surface area (Å²) in [6.07, 6.45) is 1.72. The summed E-state index contributed by atoms with van der Waals surface area (Å²) in [6, 6.07) is 40.6. The molecule has 3 heterocycles. The summed E-state index contributed by atoms with van der Waals surface area (Å²) in [4.78, 5) is 9.92. The fourth-order valence-electron chi connectivity index (χ4n) is 6.28. The van der Waals surface area contributed by atoms with Crippen LogP contribution in [0.1, 0.15) is 22.4 Å². The first-order chi connectivity index (χ1) is 20.2. The standard InChI is InChI=1S/C35H22N4O2/c40-31-17-6-3-13-26(31)29-16-8-18-32(37-29)35(27-14-4-1-11-24(27)25-12-2-5-15-28(25)35)23-10-7-9-22(21-23)33-34-30(19-20-36-33)38-41-39-34/h1-21,40H. The van der Waals surface area contributed by atoms with Crippen LogP contribution >= 0.6 is 0 Å². The number of phenols is 1. The Morgan fingerprint density at radius 2 is 1.34 bits per heavy atom. The largest absolute Gasteiger partial charge is 0.507 e. The van der Waals surface area contributed by atoms with Crippen LogP contribution < -0.4 is 0 Å². The van der Waals surface area contributed by atoms with E-state index in [2.05, 4.69) is 88.1 Å². The molecular weight excluding hydrogens is 508 g/mol. The van der Waals surface area contributed by atoms with E-state index < -0.39 is 5.41 Å². The Bertz CT molecular complexity index is 2050. The lowest BCUT2D eigenvalue weighted by atomic mass is 9.69. The third kappa shape index (κ3) is 3.37. The van der Waals surface area contributed by atoms with Crippen molar-refractivity contribution in [1.29, 1.82) is 0 Å². The van der Waals surface area contributed by atoms with Crippen molar-refractivity contribution >= 4 is 11.0 Å². The predicted molar refractivity (Wildman–Crippen MR) is 157 cm³/mol. The van der Waals surface area contributed by atoms with Crippen molar-refractivity contribution < 1.29 is 9.74 Å². The lowest BCUT2D eigenvalue weighted by Gasteiger charge is -2.33. The van der Waals surface area contributed by atoms with Gasteiger partial charge in [0.25, 0.3) is 0 Å². The summed E-state index contributed by atoms with van der Waals surface area (Å²) in [5, 5.41) is 18.8. The van der Waals surface area contributed by atoms with Gasteiger partial charge in [0, 0.05) is 17.3 Å². The van der Waals surface area contributed by atoms with Crippen molar-refractivity contribution in [2.45, 2.75) is 5.41 Å². The van der Waals surface area contributed by atoms with Crippen LogP contribution in [-0.2, 0) is 5.41 Å². The second kappa shape index (κ2) is 8.96. The average Bonchev–Trinajstić information content (AvgIpc) is 3.63. The number of phenolic OH excluding ortho intramolecular Hbond substituents is 1. The van der Waals surface area contributed by atoms with E-state index in [9.17, 15) is 5.11 Å². The number of benzene rings is 4. The van der Waals surface area contributed by atoms with Crippen molar-refractivity contribution in [1.82, 2.24) is 20.3 Å². The highest BCUT2D eigenvalue weighted by Gasteiger charge is 2.47. The van der Waals surface area contributed by atoms with Gasteiger partial charge in [0.2, 0.25) is 0 Å². The molecule has 1 aliphatic rings. The molecule has 7 aromatic rings. The molecule has 8 rings (SSSR count). The van der Waals surface area contributed by atoms with E-state index >= 15 is 0 Å². The molecule has 0 aliphatic heterocycles.